The van der Waals surface area contributed by atoms with Crippen molar-refractivity contribution in [3.05, 3.63) is 48.4 Å². The standard InChI is InChI=1S/C23H30N4O2/c28-23(19-10-14-27(15-11-19)22-17-24-12-13-25-22)26-16-18-6-8-21(9-7-18)29-20-4-2-1-3-5-20/h6-9,12-13,17,19-20H,1-5,10-11,14-16H2,(H,26,28). The van der Waals surface area contributed by atoms with Gasteiger partial charge in [-0.05, 0) is 56.2 Å². The molecule has 29 heavy (non-hydrogen) atoms. The summed E-state index contributed by atoms with van der Waals surface area (Å²) in [5.74, 6) is 2.04. The number of aromatic nitrogens is 2. The van der Waals surface area contributed by atoms with Crippen LogP contribution in [0, 0.1) is 5.92 Å². The molecular formula is C23H30N4O2. The zero-order chi connectivity index (χ0) is 19.9. The minimum atomic E-state index is 0.0665. The van der Waals surface area contributed by atoms with Crippen molar-refractivity contribution in [3.63, 3.8) is 0 Å². The number of hydrogen-bond acceptors (Lipinski definition) is 5. The third-order valence-corrected chi connectivity index (χ3v) is 5.98. The van der Waals surface area contributed by atoms with Gasteiger partial charge in [0.15, 0.2) is 0 Å². The predicted octanol–water partition coefficient (Wildman–Crippen LogP) is 3.72. The minimum absolute atomic E-state index is 0.0665. The highest BCUT2D eigenvalue weighted by Crippen LogP contribution is 2.24. The second-order valence-electron chi connectivity index (χ2n) is 8.06. The molecule has 0 unspecified atom stereocenters. The number of nitrogens with one attached hydrogen (secondary N) is 1. The van der Waals surface area contributed by atoms with Crippen molar-refractivity contribution in [1.29, 1.82) is 0 Å². The van der Waals surface area contributed by atoms with Crippen molar-refractivity contribution in [2.24, 2.45) is 5.92 Å². The number of hydrogen-bond donors (Lipinski definition) is 1. The number of carbonyl (C=O) groups is 1. The first-order valence-corrected chi connectivity index (χ1v) is 10.8. The molecule has 4 rings (SSSR count). The molecule has 0 bridgehead atoms. The first kappa shape index (κ1) is 19.7. The van der Waals surface area contributed by atoms with Gasteiger partial charge in [-0.2, -0.15) is 0 Å². The van der Waals surface area contributed by atoms with Crippen molar-refractivity contribution >= 4 is 11.7 Å². The van der Waals surface area contributed by atoms with Crippen LogP contribution in [0.2, 0.25) is 0 Å². The lowest BCUT2D eigenvalue weighted by Crippen LogP contribution is -2.40. The van der Waals surface area contributed by atoms with E-state index in [4.69, 9.17) is 4.74 Å². The van der Waals surface area contributed by atoms with Crippen LogP contribution >= 0.6 is 0 Å². The van der Waals surface area contributed by atoms with E-state index in [-0.39, 0.29) is 11.8 Å². The zero-order valence-corrected chi connectivity index (χ0v) is 16.9. The van der Waals surface area contributed by atoms with Crippen LogP contribution in [0.25, 0.3) is 0 Å². The molecule has 1 aliphatic carbocycles. The van der Waals surface area contributed by atoms with Crippen molar-refractivity contribution in [3.8, 4) is 5.75 Å². The summed E-state index contributed by atoms with van der Waals surface area (Å²) in [5.41, 5.74) is 1.10. The van der Waals surface area contributed by atoms with E-state index >= 15 is 0 Å². The van der Waals surface area contributed by atoms with E-state index in [9.17, 15) is 4.79 Å². The fourth-order valence-electron chi connectivity index (χ4n) is 4.22. The van der Waals surface area contributed by atoms with E-state index in [2.05, 4.69) is 32.3 Å². The van der Waals surface area contributed by atoms with Crippen LogP contribution in [0.3, 0.4) is 0 Å². The molecule has 2 heterocycles. The van der Waals surface area contributed by atoms with Crippen molar-refractivity contribution in [2.45, 2.75) is 57.6 Å². The Kier molecular flexibility index (Phi) is 6.60. The van der Waals surface area contributed by atoms with Crippen LogP contribution in [0.5, 0.6) is 5.75 Å². The summed E-state index contributed by atoms with van der Waals surface area (Å²) in [4.78, 5) is 23.2. The maximum Gasteiger partial charge on any atom is 0.223 e. The van der Waals surface area contributed by atoms with Crippen molar-refractivity contribution < 1.29 is 9.53 Å². The van der Waals surface area contributed by atoms with Crippen LogP contribution < -0.4 is 15.0 Å². The van der Waals surface area contributed by atoms with E-state index in [0.717, 1.165) is 55.9 Å². The molecule has 6 nitrogen and oxygen atoms in total. The van der Waals surface area contributed by atoms with Crippen LogP contribution in [0.15, 0.2) is 42.9 Å². The lowest BCUT2D eigenvalue weighted by molar-refractivity contribution is -0.125. The van der Waals surface area contributed by atoms with Gasteiger partial charge in [-0.25, -0.2) is 4.98 Å². The fourth-order valence-corrected chi connectivity index (χ4v) is 4.22. The van der Waals surface area contributed by atoms with E-state index in [1.807, 2.05) is 12.1 Å². The van der Waals surface area contributed by atoms with Crippen LogP contribution in [-0.2, 0) is 11.3 Å². The number of ether oxygens (including phenoxy) is 1. The maximum absolute atomic E-state index is 12.6. The molecule has 2 fully saturated rings. The largest absolute Gasteiger partial charge is 0.490 e. The Morgan fingerprint density at radius 3 is 2.48 bits per heavy atom. The van der Waals surface area contributed by atoms with Gasteiger partial charge in [-0.3, -0.25) is 9.78 Å². The molecule has 6 heteroatoms. The van der Waals surface area contributed by atoms with E-state index < -0.39 is 0 Å². The normalized spacial score (nSPS) is 18.4. The monoisotopic (exact) mass is 394 g/mol. The zero-order valence-electron chi connectivity index (χ0n) is 16.9. The molecule has 1 amide bonds. The lowest BCUT2D eigenvalue weighted by atomic mass is 9.96. The molecule has 1 aromatic heterocycles. The molecule has 0 radical (unpaired) electrons. The van der Waals surface area contributed by atoms with Crippen LogP contribution in [-0.4, -0.2) is 35.1 Å². The van der Waals surface area contributed by atoms with Crippen LogP contribution in [0.4, 0.5) is 5.82 Å². The Morgan fingerprint density at radius 2 is 1.79 bits per heavy atom. The molecule has 1 aromatic carbocycles. The molecule has 1 N–H and O–H groups in total. The summed E-state index contributed by atoms with van der Waals surface area (Å²) in [6, 6.07) is 8.15. The first-order chi connectivity index (χ1) is 14.3. The molecule has 0 spiro atoms. The van der Waals surface area contributed by atoms with Gasteiger partial charge in [0.1, 0.15) is 11.6 Å². The molecular weight excluding hydrogens is 364 g/mol. The van der Waals surface area contributed by atoms with Gasteiger partial charge in [0.25, 0.3) is 0 Å². The highest BCUT2D eigenvalue weighted by atomic mass is 16.5. The number of nitrogens with zero attached hydrogens (tertiary/aromatic N) is 3. The number of anilines is 1. The Bertz CT molecular complexity index is 767. The smallest absolute Gasteiger partial charge is 0.223 e. The topological polar surface area (TPSA) is 67.3 Å². The molecule has 2 aromatic rings. The first-order valence-electron chi connectivity index (χ1n) is 10.8. The Morgan fingerprint density at radius 1 is 1.03 bits per heavy atom. The number of benzene rings is 1. The second-order valence-corrected chi connectivity index (χ2v) is 8.06. The average molecular weight is 395 g/mol. The van der Waals surface area contributed by atoms with Gasteiger partial charge in [0.2, 0.25) is 5.91 Å². The van der Waals surface area contributed by atoms with Gasteiger partial charge in [-0.15, -0.1) is 0 Å². The van der Waals surface area contributed by atoms with Gasteiger partial charge in [0.05, 0.1) is 12.3 Å². The second kappa shape index (κ2) is 9.72. The molecule has 1 saturated heterocycles. The summed E-state index contributed by atoms with van der Waals surface area (Å²) in [7, 11) is 0. The maximum atomic E-state index is 12.6. The minimum Gasteiger partial charge on any atom is -0.490 e. The average Bonchev–Trinajstić information content (AvgIpc) is 2.80. The number of piperidine rings is 1. The Hall–Kier alpha value is -2.63. The number of rotatable bonds is 6. The third-order valence-electron chi connectivity index (χ3n) is 5.98. The highest BCUT2D eigenvalue weighted by Gasteiger charge is 2.25. The number of amides is 1. The summed E-state index contributed by atoms with van der Waals surface area (Å²) in [5, 5.41) is 3.10. The van der Waals surface area contributed by atoms with Gasteiger partial charge >= 0.3 is 0 Å². The quantitative estimate of drug-likeness (QED) is 0.809. The van der Waals surface area contributed by atoms with E-state index in [1.165, 1.54) is 19.3 Å². The fraction of sp³-hybridized carbons (Fsp3) is 0.522. The van der Waals surface area contributed by atoms with Gasteiger partial charge < -0.3 is 15.0 Å². The predicted molar refractivity (Wildman–Crippen MR) is 113 cm³/mol. The van der Waals surface area contributed by atoms with Crippen molar-refractivity contribution in [1.82, 2.24) is 15.3 Å². The van der Waals surface area contributed by atoms with Gasteiger partial charge in [0, 0.05) is 37.9 Å². The molecule has 1 aliphatic heterocycles. The molecule has 2 aliphatic rings. The summed E-state index contributed by atoms with van der Waals surface area (Å²) in [6.07, 6.45) is 13.4. The summed E-state index contributed by atoms with van der Waals surface area (Å²) in [6.45, 7) is 2.24. The SMILES string of the molecule is O=C(NCc1ccc(OC2CCCCC2)cc1)C1CCN(c2cnccn2)CC1. The van der Waals surface area contributed by atoms with Gasteiger partial charge in [-0.1, -0.05) is 18.6 Å². The molecule has 1 saturated carbocycles. The summed E-state index contributed by atoms with van der Waals surface area (Å²) >= 11 is 0. The highest BCUT2D eigenvalue weighted by molar-refractivity contribution is 5.79. The summed E-state index contributed by atoms with van der Waals surface area (Å²) < 4.78 is 6.08. The van der Waals surface area contributed by atoms with E-state index in [0.29, 0.717) is 12.6 Å². The Labute approximate surface area is 172 Å². The molecule has 154 valence electrons. The van der Waals surface area contributed by atoms with Crippen molar-refractivity contribution in [2.75, 3.05) is 18.0 Å². The number of carbonyl (C=O) groups excluding carboxylic acids is 1. The molecule has 0 atom stereocenters. The Balaban J connectivity index is 1.20. The lowest BCUT2D eigenvalue weighted by Gasteiger charge is -2.31. The third kappa shape index (κ3) is 5.46. The van der Waals surface area contributed by atoms with Crippen LogP contribution in [0.1, 0.15) is 50.5 Å². The van der Waals surface area contributed by atoms with E-state index in [1.54, 1.807) is 18.6 Å².